The number of esters is 1. The average molecular weight is 985 g/mol. The Labute approximate surface area is 436 Å². The minimum absolute atomic E-state index is 0.0708. The molecule has 1 amide bonds. The molecule has 0 saturated heterocycles. The van der Waals surface area contributed by atoms with Gasteiger partial charge in [0.05, 0.1) is 25.2 Å². The molecule has 0 saturated carbocycles. The van der Waals surface area contributed by atoms with Crippen molar-refractivity contribution < 1.29 is 24.5 Å². The third kappa shape index (κ3) is 52.4. The summed E-state index contributed by atoms with van der Waals surface area (Å²) in [6.07, 6.45) is 70.7. The van der Waals surface area contributed by atoms with Crippen LogP contribution in [0.2, 0.25) is 0 Å². The van der Waals surface area contributed by atoms with Gasteiger partial charge in [0.2, 0.25) is 5.91 Å². The second-order valence-electron chi connectivity index (χ2n) is 21.5. The van der Waals surface area contributed by atoms with E-state index in [9.17, 15) is 19.8 Å². The van der Waals surface area contributed by atoms with Gasteiger partial charge >= 0.3 is 5.97 Å². The van der Waals surface area contributed by atoms with Crippen molar-refractivity contribution in [2.45, 2.75) is 354 Å². The fourth-order valence-electron chi connectivity index (χ4n) is 9.69. The van der Waals surface area contributed by atoms with Gasteiger partial charge in [-0.05, 0) is 83.5 Å². The lowest BCUT2D eigenvalue weighted by Crippen LogP contribution is -2.46. The molecule has 0 aromatic carbocycles. The average Bonchev–Trinajstić information content (AvgIpc) is 3.35. The van der Waals surface area contributed by atoms with Crippen LogP contribution < -0.4 is 5.32 Å². The van der Waals surface area contributed by atoms with Crippen LogP contribution in [0.5, 0.6) is 0 Å². The first-order valence-corrected chi connectivity index (χ1v) is 31.2. The van der Waals surface area contributed by atoms with Crippen molar-refractivity contribution in [3.8, 4) is 0 Å². The molecule has 70 heavy (non-hydrogen) atoms. The maximum atomic E-state index is 13.3. The lowest BCUT2D eigenvalue weighted by molar-refractivity contribution is -0.151. The zero-order valence-corrected chi connectivity index (χ0v) is 47.2. The van der Waals surface area contributed by atoms with Gasteiger partial charge < -0.3 is 20.3 Å². The zero-order chi connectivity index (χ0) is 50.9. The van der Waals surface area contributed by atoms with E-state index in [0.717, 1.165) is 64.2 Å². The van der Waals surface area contributed by atoms with E-state index in [-0.39, 0.29) is 24.9 Å². The Morgan fingerprint density at radius 1 is 0.414 bits per heavy atom. The highest BCUT2D eigenvalue weighted by atomic mass is 16.5. The quantitative estimate of drug-likeness (QED) is 0.0321. The van der Waals surface area contributed by atoms with E-state index in [4.69, 9.17) is 4.74 Å². The monoisotopic (exact) mass is 984 g/mol. The van der Waals surface area contributed by atoms with Gasteiger partial charge in [0.25, 0.3) is 0 Å². The van der Waals surface area contributed by atoms with Crippen molar-refractivity contribution in [2.24, 2.45) is 0 Å². The summed E-state index contributed by atoms with van der Waals surface area (Å²) in [5, 5.41) is 24.0. The van der Waals surface area contributed by atoms with Crippen LogP contribution in [0.3, 0.4) is 0 Å². The first-order valence-electron chi connectivity index (χ1n) is 31.2. The predicted molar refractivity (Wildman–Crippen MR) is 306 cm³/mol. The number of unbranched alkanes of at least 4 members (excludes halogenated alkanes) is 39. The van der Waals surface area contributed by atoms with Crippen LogP contribution in [0.4, 0.5) is 0 Å². The molecule has 0 spiro atoms. The third-order valence-corrected chi connectivity index (χ3v) is 14.4. The van der Waals surface area contributed by atoms with Crippen molar-refractivity contribution in [1.29, 1.82) is 0 Å². The Hall–Kier alpha value is -1.92. The number of carbonyl (C=O) groups excluding carboxylic acids is 2. The van der Waals surface area contributed by atoms with Crippen LogP contribution in [0.1, 0.15) is 335 Å². The first kappa shape index (κ1) is 68.1. The molecule has 0 aliphatic heterocycles. The molecule has 0 aromatic rings. The second-order valence-corrected chi connectivity index (χ2v) is 21.5. The summed E-state index contributed by atoms with van der Waals surface area (Å²) in [4.78, 5) is 26.4. The molecule has 0 bridgehead atoms. The van der Waals surface area contributed by atoms with Crippen molar-refractivity contribution in [1.82, 2.24) is 5.32 Å². The highest BCUT2D eigenvalue weighted by Crippen LogP contribution is 2.19. The van der Waals surface area contributed by atoms with Crippen LogP contribution >= 0.6 is 0 Å². The van der Waals surface area contributed by atoms with E-state index < -0.39 is 18.2 Å². The maximum Gasteiger partial charge on any atom is 0.306 e. The molecule has 0 aliphatic carbocycles. The molecular weight excluding hydrogens is 863 g/mol. The van der Waals surface area contributed by atoms with Gasteiger partial charge in [0.15, 0.2) is 0 Å². The molecule has 412 valence electrons. The Morgan fingerprint density at radius 3 is 1.13 bits per heavy atom. The number of ether oxygens (including phenoxy) is 1. The minimum atomic E-state index is -0.792. The minimum Gasteiger partial charge on any atom is -0.462 e. The van der Waals surface area contributed by atoms with Gasteiger partial charge in [0.1, 0.15) is 6.10 Å². The summed E-state index contributed by atoms with van der Waals surface area (Å²) in [6.45, 7) is 6.50. The molecule has 0 heterocycles. The molecule has 3 N–H and O–H groups in total. The van der Waals surface area contributed by atoms with Gasteiger partial charge in [-0.2, -0.15) is 0 Å². The summed E-state index contributed by atoms with van der Waals surface area (Å²) in [5.74, 6) is -0.472. The van der Waals surface area contributed by atoms with Gasteiger partial charge in [-0.1, -0.05) is 276 Å². The van der Waals surface area contributed by atoms with E-state index in [1.54, 1.807) is 0 Å². The SMILES string of the molecule is CCCCC/C=C\C/C=C\CCCCCCCC(CC(=O)NC(CO)C(O)CCCCCCCCCCCCCCCCCCC)OC(=O)CCCCCCCCCCC/C=C/CCCCCCCC. The van der Waals surface area contributed by atoms with Gasteiger partial charge in [-0.15, -0.1) is 0 Å². The van der Waals surface area contributed by atoms with Crippen LogP contribution in [0.15, 0.2) is 36.5 Å². The molecule has 3 atom stereocenters. The summed E-state index contributed by atoms with van der Waals surface area (Å²) in [7, 11) is 0. The van der Waals surface area contributed by atoms with E-state index in [2.05, 4.69) is 62.5 Å². The van der Waals surface area contributed by atoms with Gasteiger partial charge in [0, 0.05) is 6.42 Å². The molecule has 3 unspecified atom stereocenters. The molecular formula is C64H121NO5. The van der Waals surface area contributed by atoms with Gasteiger partial charge in [-0.25, -0.2) is 0 Å². The Morgan fingerprint density at radius 2 is 0.729 bits per heavy atom. The maximum absolute atomic E-state index is 13.3. The molecule has 0 aromatic heterocycles. The summed E-state index contributed by atoms with van der Waals surface area (Å²) >= 11 is 0. The predicted octanol–water partition coefficient (Wildman–Crippen LogP) is 19.6. The van der Waals surface area contributed by atoms with Crippen molar-refractivity contribution in [2.75, 3.05) is 6.61 Å². The van der Waals surface area contributed by atoms with Gasteiger partial charge in [-0.3, -0.25) is 9.59 Å². The molecule has 0 aliphatic rings. The standard InChI is InChI=1S/C64H121NO5/c1-4-7-10-13-16-19-22-25-28-30-31-33-36-39-42-45-48-51-54-57-64(69)70-60(55-52-49-46-43-40-37-34-27-24-21-18-15-12-9-6-3)58-63(68)65-61(59-66)62(67)56-53-50-47-44-41-38-35-32-29-26-23-20-17-14-11-8-5-2/h18,21,25,27-28,34,60-62,66-67H,4-17,19-20,22-24,26,29-33,35-59H2,1-3H3,(H,65,68)/b21-18-,28-25+,34-27-. The highest BCUT2D eigenvalue weighted by Gasteiger charge is 2.24. The normalized spacial score (nSPS) is 13.3. The summed E-state index contributed by atoms with van der Waals surface area (Å²) in [5.41, 5.74) is 0. The number of hydrogen-bond donors (Lipinski definition) is 3. The number of allylic oxidation sites excluding steroid dienone is 6. The number of nitrogens with one attached hydrogen (secondary N) is 1. The van der Waals surface area contributed by atoms with Crippen LogP contribution in [0, 0.1) is 0 Å². The number of carbonyl (C=O) groups is 2. The van der Waals surface area contributed by atoms with Crippen molar-refractivity contribution in [3.63, 3.8) is 0 Å². The van der Waals surface area contributed by atoms with E-state index in [1.165, 1.54) is 225 Å². The highest BCUT2D eigenvalue weighted by molar-refractivity contribution is 5.77. The first-order chi connectivity index (χ1) is 34.5. The molecule has 0 fully saturated rings. The Bertz CT molecular complexity index is 1150. The van der Waals surface area contributed by atoms with E-state index >= 15 is 0 Å². The van der Waals surface area contributed by atoms with Crippen molar-refractivity contribution >= 4 is 11.9 Å². The lowest BCUT2D eigenvalue weighted by Gasteiger charge is -2.24. The van der Waals surface area contributed by atoms with E-state index in [0.29, 0.717) is 19.3 Å². The Balaban J connectivity index is 4.51. The van der Waals surface area contributed by atoms with Crippen LogP contribution in [-0.4, -0.2) is 46.9 Å². The fourth-order valence-corrected chi connectivity index (χ4v) is 9.69. The number of aliphatic hydroxyl groups is 2. The van der Waals surface area contributed by atoms with E-state index in [1.807, 2.05) is 0 Å². The summed E-state index contributed by atoms with van der Waals surface area (Å²) < 4.78 is 5.98. The molecule has 0 rings (SSSR count). The largest absolute Gasteiger partial charge is 0.462 e. The second kappa shape index (κ2) is 58.0. The topological polar surface area (TPSA) is 95.9 Å². The number of hydrogen-bond acceptors (Lipinski definition) is 5. The number of aliphatic hydroxyl groups excluding tert-OH is 2. The van der Waals surface area contributed by atoms with Crippen LogP contribution in [0.25, 0.3) is 0 Å². The molecule has 6 heteroatoms. The lowest BCUT2D eigenvalue weighted by atomic mass is 10.0. The molecule has 6 nitrogen and oxygen atoms in total. The number of rotatable bonds is 57. The Kier molecular flexibility index (Phi) is 56.4. The zero-order valence-electron chi connectivity index (χ0n) is 47.2. The fraction of sp³-hybridized carbons (Fsp3) is 0.875. The van der Waals surface area contributed by atoms with Crippen molar-refractivity contribution in [3.05, 3.63) is 36.5 Å². The smallest absolute Gasteiger partial charge is 0.306 e. The molecule has 0 radical (unpaired) electrons. The summed E-state index contributed by atoms with van der Waals surface area (Å²) in [6, 6.07) is -0.706. The van der Waals surface area contributed by atoms with Crippen LogP contribution in [-0.2, 0) is 14.3 Å². The third-order valence-electron chi connectivity index (χ3n) is 14.4. The number of amides is 1.